The van der Waals surface area contributed by atoms with Crippen molar-refractivity contribution in [2.75, 3.05) is 19.8 Å². The monoisotopic (exact) mass is 564 g/mol. The minimum atomic E-state index is -0.685. The number of benzene rings is 2. The second kappa shape index (κ2) is 20.2. The summed E-state index contributed by atoms with van der Waals surface area (Å²) in [6.07, 6.45) is 6.75. The topological polar surface area (TPSA) is 114 Å². The van der Waals surface area contributed by atoms with Crippen LogP contribution in [0.1, 0.15) is 49.7 Å². The van der Waals surface area contributed by atoms with Crippen LogP contribution >= 0.6 is 0 Å². The van der Waals surface area contributed by atoms with E-state index in [2.05, 4.69) is 23.8 Å². The first-order chi connectivity index (χ1) is 19.9. The molecule has 8 nitrogen and oxygen atoms in total. The van der Waals surface area contributed by atoms with Crippen molar-refractivity contribution >= 4 is 17.8 Å². The van der Waals surface area contributed by atoms with Crippen LogP contribution in [0.5, 0.6) is 0 Å². The van der Waals surface area contributed by atoms with Gasteiger partial charge in [-0.1, -0.05) is 72.8 Å². The highest BCUT2D eigenvalue weighted by Crippen LogP contribution is 2.12. The number of aliphatic hydroxyl groups excluding tert-OH is 1. The van der Waals surface area contributed by atoms with Crippen molar-refractivity contribution in [1.29, 1.82) is 0 Å². The number of allylic oxidation sites excluding steroid dienone is 2. The van der Waals surface area contributed by atoms with Crippen LogP contribution in [0.4, 0.5) is 0 Å². The van der Waals surface area contributed by atoms with Gasteiger partial charge in [-0.2, -0.15) is 0 Å². The Kier molecular flexibility index (Phi) is 16.5. The molecule has 222 valence electrons. The van der Waals surface area contributed by atoms with Gasteiger partial charge < -0.3 is 25.2 Å². The van der Waals surface area contributed by atoms with Crippen LogP contribution in [0.25, 0.3) is 0 Å². The van der Waals surface area contributed by atoms with Gasteiger partial charge in [0, 0.05) is 12.8 Å². The summed E-state index contributed by atoms with van der Waals surface area (Å²) in [6.45, 7) is 7.61. The van der Waals surface area contributed by atoms with Crippen molar-refractivity contribution in [3.05, 3.63) is 97.1 Å². The number of rotatable bonds is 21. The lowest BCUT2D eigenvalue weighted by Crippen LogP contribution is -2.46. The zero-order valence-corrected chi connectivity index (χ0v) is 23.8. The first-order valence-corrected chi connectivity index (χ1v) is 14.2. The molecule has 0 bridgehead atoms. The molecule has 0 saturated heterocycles. The Balaban J connectivity index is 1.96. The van der Waals surface area contributed by atoms with Gasteiger partial charge in [-0.3, -0.25) is 14.4 Å². The molecule has 0 aliphatic heterocycles. The van der Waals surface area contributed by atoms with Crippen LogP contribution in [-0.4, -0.2) is 54.8 Å². The summed E-state index contributed by atoms with van der Waals surface area (Å²) in [5.41, 5.74) is 1.97. The van der Waals surface area contributed by atoms with Gasteiger partial charge in [0.25, 0.3) is 0 Å². The molecule has 0 fully saturated rings. The number of unbranched alkanes of at least 4 members (excludes halogenated alkanes) is 2. The van der Waals surface area contributed by atoms with E-state index in [1.54, 1.807) is 6.08 Å². The van der Waals surface area contributed by atoms with E-state index in [0.29, 0.717) is 19.4 Å². The van der Waals surface area contributed by atoms with Gasteiger partial charge in [0.05, 0.1) is 37.8 Å². The Labute approximate surface area is 243 Å². The average molecular weight is 565 g/mol. The molecule has 41 heavy (non-hydrogen) atoms. The Morgan fingerprint density at radius 2 is 1.54 bits per heavy atom. The number of hydrogen-bond acceptors (Lipinski definition) is 6. The maximum absolute atomic E-state index is 13.3. The Morgan fingerprint density at radius 3 is 2.17 bits per heavy atom. The maximum atomic E-state index is 13.3. The largest absolute Gasteiger partial charge is 0.463 e. The van der Waals surface area contributed by atoms with E-state index in [9.17, 15) is 19.5 Å². The van der Waals surface area contributed by atoms with Gasteiger partial charge in [0.2, 0.25) is 11.8 Å². The average Bonchev–Trinajstić information content (AvgIpc) is 2.98. The maximum Gasteiger partial charge on any atom is 0.305 e. The lowest BCUT2D eigenvalue weighted by molar-refractivity contribution is -0.146. The second-order valence-electron chi connectivity index (χ2n) is 9.99. The second-order valence-corrected chi connectivity index (χ2v) is 9.99. The van der Waals surface area contributed by atoms with Crippen molar-refractivity contribution in [1.82, 2.24) is 10.6 Å². The molecule has 0 saturated carbocycles. The number of esters is 1. The molecule has 0 spiro atoms. The predicted molar refractivity (Wildman–Crippen MR) is 160 cm³/mol. The van der Waals surface area contributed by atoms with Crippen molar-refractivity contribution in [3.8, 4) is 0 Å². The molecule has 0 radical (unpaired) electrons. The molecule has 0 aliphatic rings. The van der Waals surface area contributed by atoms with Crippen LogP contribution in [0.15, 0.2) is 86.0 Å². The number of aliphatic hydroxyl groups is 1. The third kappa shape index (κ3) is 14.4. The highest BCUT2D eigenvalue weighted by atomic mass is 16.5. The zero-order chi connectivity index (χ0) is 29.7. The third-order valence-corrected chi connectivity index (χ3v) is 6.43. The van der Waals surface area contributed by atoms with E-state index in [1.165, 1.54) is 0 Å². The number of nitrogens with one attached hydrogen (secondary N) is 2. The zero-order valence-electron chi connectivity index (χ0n) is 23.8. The molecule has 0 heterocycles. The molecule has 0 aromatic heterocycles. The SMILES string of the molecule is C=CCCCCC(=O)OC[C@H](COCc1ccccc1)NC(=O)[C@H](CC=C)CC(=O)N[C@@H](CO)Cc1ccccc1. The fraction of sp³-hybridized carbons (Fsp3) is 0.424. The molecule has 0 aliphatic carbocycles. The molecule has 3 N–H and O–H groups in total. The molecule has 3 atom stereocenters. The molecule has 2 rings (SSSR count). The summed E-state index contributed by atoms with van der Waals surface area (Å²) in [4.78, 5) is 38.3. The summed E-state index contributed by atoms with van der Waals surface area (Å²) < 4.78 is 11.3. The highest BCUT2D eigenvalue weighted by Gasteiger charge is 2.25. The van der Waals surface area contributed by atoms with Crippen LogP contribution in [0.2, 0.25) is 0 Å². The molecular weight excluding hydrogens is 520 g/mol. The summed E-state index contributed by atoms with van der Waals surface area (Å²) in [7, 11) is 0. The minimum absolute atomic E-state index is 0.0442. The van der Waals surface area contributed by atoms with Crippen molar-refractivity contribution in [2.24, 2.45) is 5.92 Å². The van der Waals surface area contributed by atoms with E-state index in [-0.39, 0.29) is 56.9 Å². The molecular formula is C33H44N2O6. The van der Waals surface area contributed by atoms with Gasteiger partial charge in [0.15, 0.2) is 0 Å². The number of ether oxygens (including phenoxy) is 2. The quantitative estimate of drug-likeness (QED) is 0.119. The lowest BCUT2D eigenvalue weighted by atomic mass is 9.98. The van der Waals surface area contributed by atoms with E-state index < -0.39 is 18.0 Å². The first kappa shape index (κ1) is 33.5. The molecule has 0 unspecified atom stereocenters. The van der Waals surface area contributed by atoms with Gasteiger partial charge in [-0.05, 0) is 43.2 Å². The summed E-state index contributed by atoms with van der Waals surface area (Å²) in [6, 6.07) is 18.1. The van der Waals surface area contributed by atoms with Gasteiger partial charge in [-0.15, -0.1) is 13.2 Å². The summed E-state index contributed by atoms with van der Waals surface area (Å²) in [5.74, 6) is -1.73. The van der Waals surface area contributed by atoms with Gasteiger partial charge >= 0.3 is 5.97 Å². The first-order valence-electron chi connectivity index (χ1n) is 14.2. The molecule has 2 aromatic rings. The molecule has 2 aromatic carbocycles. The Morgan fingerprint density at radius 1 is 0.854 bits per heavy atom. The van der Waals surface area contributed by atoms with E-state index in [4.69, 9.17) is 9.47 Å². The summed E-state index contributed by atoms with van der Waals surface area (Å²) >= 11 is 0. The Bertz CT molecular complexity index is 1060. The fourth-order valence-electron chi connectivity index (χ4n) is 4.22. The third-order valence-electron chi connectivity index (χ3n) is 6.43. The van der Waals surface area contributed by atoms with Crippen LogP contribution in [-0.2, 0) is 36.9 Å². The van der Waals surface area contributed by atoms with Gasteiger partial charge in [-0.25, -0.2) is 0 Å². The predicted octanol–water partition coefficient (Wildman–Crippen LogP) is 4.28. The number of carbonyl (C=O) groups is 3. The number of carbonyl (C=O) groups excluding carboxylic acids is 3. The lowest BCUT2D eigenvalue weighted by Gasteiger charge is -2.23. The van der Waals surface area contributed by atoms with Crippen molar-refractivity contribution in [3.63, 3.8) is 0 Å². The van der Waals surface area contributed by atoms with E-state index >= 15 is 0 Å². The fourth-order valence-corrected chi connectivity index (χ4v) is 4.22. The van der Waals surface area contributed by atoms with Crippen molar-refractivity contribution < 1.29 is 29.0 Å². The minimum Gasteiger partial charge on any atom is -0.463 e. The van der Waals surface area contributed by atoms with Gasteiger partial charge in [0.1, 0.15) is 6.61 Å². The van der Waals surface area contributed by atoms with Crippen LogP contribution in [0.3, 0.4) is 0 Å². The number of hydrogen-bond donors (Lipinski definition) is 3. The van der Waals surface area contributed by atoms with Crippen LogP contribution in [0, 0.1) is 5.92 Å². The standard InChI is InChI=1S/C33H44N2O6/c1-3-5-6-13-19-32(38)41-25-30(24-40-23-27-17-11-8-12-18-27)35-33(39)28(14-4-2)21-31(37)34-29(22-36)20-26-15-9-7-10-16-26/h3-4,7-12,15-18,28-30,36H,1-2,5-6,13-14,19-25H2,(H,34,37)(H,35,39)/t28-,29-,30+/m1/s1. The Hall–Kier alpha value is -3.75. The van der Waals surface area contributed by atoms with Crippen molar-refractivity contribution in [2.45, 2.75) is 63.6 Å². The molecule has 8 heteroatoms. The van der Waals surface area contributed by atoms with E-state index in [0.717, 1.165) is 24.0 Å². The van der Waals surface area contributed by atoms with Crippen LogP contribution < -0.4 is 10.6 Å². The highest BCUT2D eigenvalue weighted by molar-refractivity contribution is 5.86. The molecule has 2 amide bonds. The number of amides is 2. The normalized spacial score (nSPS) is 12.9. The van der Waals surface area contributed by atoms with E-state index in [1.807, 2.05) is 66.7 Å². The smallest absolute Gasteiger partial charge is 0.305 e. The summed E-state index contributed by atoms with van der Waals surface area (Å²) in [5, 5.41) is 15.5.